The Morgan fingerprint density at radius 3 is 1.84 bits per heavy atom. The van der Waals surface area contributed by atoms with Crippen LogP contribution in [0, 0.1) is 35.2 Å². The first kappa shape index (κ1) is 41.0. The van der Waals surface area contributed by atoms with Crippen molar-refractivity contribution >= 4 is 5.57 Å². The second kappa shape index (κ2) is 22.3. The summed E-state index contributed by atoms with van der Waals surface area (Å²) < 4.78 is 45.8. The highest BCUT2D eigenvalue weighted by molar-refractivity contribution is 5.74. The molecule has 0 aromatic heterocycles. The molecular weight excluding hydrogens is 634 g/mol. The van der Waals surface area contributed by atoms with E-state index in [1.54, 1.807) is 30.3 Å². The van der Waals surface area contributed by atoms with Crippen LogP contribution in [-0.4, -0.2) is 0 Å². The van der Waals surface area contributed by atoms with Crippen LogP contribution in [0.2, 0.25) is 0 Å². The van der Waals surface area contributed by atoms with Crippen molar-refractivity contribution in [2.45, 2.75) is 163 Å². The van der Waals surface area contributed by atoms with E-state index < -0.39 is 11.6 Å². The molecule has 0 radical (unpaired) electrons. The minimum Gasteiger partial charge on any atom is -0.206 e. The third-order valence-electron chi connectivity index (χ3n) is 11.9. The van der Waals surface area contributed by atoms with Crippen LogP contribution in [0.3, 0.4) is 0 Å². The summed E-state index contributed by atoms with van der Waals surface area (Å²) >= 11 is 0. The van der Waals surface area contributed by atoms with Crippen molar-refractivity contribution in [3.05, 3.63) is 89.3 Å². The molecule has 0 N–H and O–H groups in total. The summed E-state index contributed by atoms with van der Waals surface area (Å²) in [6.45, 7) is 9.20. The average molecular weight is 701 g/mol. The predicted octanol–water partition coefficient (Wildman–Crippen LogP) is 16.1. The van der Waals surface area contributed by atoms with Gasteiger partial charge in [-0.25, -0.2) is 13.2 Å². The highest BCUT2D eigenvalue weighted by Crippen LogP contribution is 2.39. The van der Waals surface area contributed by atoms with Crippen molar-refractivity contribution in [1.82, 2.24) is 0 Å². The molecule has 0 amide bonds. The third-order valence-corrected chi connectivity index (χ3v) is 11.9. The number of benzene rings is 3. The van der Waals surface area contributed by atoms with E-state index in [1.807, 2.05) is 24.3 Å². The van der Waals surface area contributed by atoms with Gasteiger partial charge in [0, 0.05) is 11.1 Å². The topological polar surface area (TPSA) is 0 Å². The van der Waals surface area contributed by atoms with E-state index in [0.29, 0.717) is 29.0 Å². The normalized spacial score (nSPS) is 15.9. The van der Waals surface area contributed by atoms with Crippen molar-refractivity contribution < 1.29 is 13.2 Å². The molecule has 51 heavy (non-hydrogen) atoms. The molecular formula is C48H67F3. The molecule has 4 rings (SSSR count). The summed E-state index contributed by atoms with van der Waals surface area (Å²) in [5, 5.41) is 0. The Kier molecular flexibility index (Phi) is 17.9. The van der Waals surface area contributed by atoms with Crippen molar-refractivity contribution in [2.75, 3.05) is 0 Å². The molecule has 0 saturated carbocycles. The van der Waals surface area contributed by atoms with E-state index in [0.717, 1.165) is 67.1 Å². The molecule has 3 atom stereocenters. The summed E-state index contributed by atoms with van der Waals surface area (Å²) in [7, 11) is 0. The van der Waals surface area contributed by atoms with E-state index in [2.05, 4.69) is 33.8 Å². The van der Waals surface area contributed by atoms with Crippen molar-refractivity contribution in [1.29, 1.82) is 0 Å². The summed E-state index contributed by atoms with van der Waals surface area (Å²) in [4.78, 5) is 0. The number of hydrogen-bond acceptors (Lipinski definition) is 0. The predicted molar refractivity (Wildman–Crippen MR) is 214 cm³/mol. The molecule has 3 unspecified atom stereocenters. The SMILES string of the molecule is CCCCCCCCCc1ccc(-c2ccc(-c3ccc(C4=CCC(C(CC)CCC(CC)CCCCCCC)CC4)c(F)c3)cc2)c(F)c1F. The lowest BCUT2D eigenvalue weighted by atomic mass is 9.75. The lowest BCUT2D eigenvalue weighted by molar-refractivity contribution is 0.255. The van der Waals surface area contributed by atoms with Gasteiger partial charge in [0.1, 0.15) is 5.82 Å². The van der Waals surface area contributed by atoms with Gasteiger partial charge in [-0.15, -0.1) is 0 Å². The minimum absolute atomic E-state index is 0.192. The van der Waals surface area contributed by atoms with Crippen LogP contribution in [0.1, 0.15) is 167 Å². The number of aryl methyl sites for hydroxylation is 1. The first-order valence-electron chi connectivity index (χ1n) is 21.0. The van der Waals surface area contributed by atoms with Crippen molar-refractivity contribution in [3.8, 4) is 22.3 Å². The lowest BCUT2D eigenvalue weighted by Gasteiger charge is -2.30. The largest absolute Gasteiger partial charge is 0.206 e. The average Bonchev–Trinajstić information content (AvgIpc) is 3.15. The second-order valence-electron chi connectivity index (χ2n) is 15.5. The molecule has 0 saturated heterocycles. The van der Waals surface area contributed by atoms with Crippen LogP contribution in [0.4, 0.5) is 13.2 Å². The van der Waals surface area contributed by atoms with E-state index in [9.17, 15) is 0 Å². The maximum Gasteiger partial charge on any atom is 0.166 e. The molecule has 3 aromatic carbocycles. The third kappa shape index (κ3) is 12.4. The molecule has 3 aromatic rings. The van der Waals surface area contributed by atoms with E-state index in [-0.39, 0.29) is 11.4 Å². The van der Waals surface area contributed by atoms with Gasteiger partial charge in [0.2, 0.25) is 0 Å². The Morgan fingerprint density at radius 1 is 0.588 bits per heavy atom. The number of rotatable bonds is 23. The fraction of sp³-hybridized carbons (Fsp3) is 0.583. The molecule has 0 spiro atoms. The lowest BCUT2D eigenvalue weighted by Crippen LogP contribution is -2.18. The van der Waals surface area contributed by atoms with Gasteiger partial charge in [-0.05, 0) is 90.2 Å². The Labute approximate surface area is 309 Å². The van der Waals surface area contributed by atoms with Crippen LogP contribution < -0.4 is 0 Å². The number of hydrogen-bond donors (Lipinski definition) is 0. The molecule has 0 fully saturated rings. The first-order valence-corrected chi connectivity index (χ1v) is 21.0. The van der Waals surface area contributed by atoms with Gasteiger partial charge in [0.15, 0.2) is 11.6 Å². The summed E-state index contributed by atoms with van der Waals surface area (Å²) in [6.07, 6.45) is 27.4. The Morgan fingerprint density at radius 2 is 1.22 bits per heavy atom. The van der Waals surface area contributed by atoms with Crippen molar-refractivity contribution in [3.63, 3.8) is 0 Å². The van der Waals surface area contributed by atoms with E-state index in [4.69, 9.17) is 0 Å². The zero-order chi connectivity index (χ0) is 36.4. The molecule has 0 aliphatic heterocycles. The maximum absolute atomic E-state index is 15.6. The standard InChI is InChI=1S/C48H67F3/c1-5-9-11-13-14-16-18-20-42-31-34-45(48(51)47(42)50)41-29-25-39(26-30-41)43-32-33-44(46(49)35-43)40-27-23-38(24-28-40)37(8-4)22-21-36(7-3)19-17-15-12-10-6-2/h25-27,29-38H,5-24,28H2,1-4H3. The Hall–Kier alpha value is -2.81. The first-order chi connectivity index (χ1) is 24.9. The van der Waals surface area contributed by atoms with Gasteiger partial charge >= 0.3 is 0 Å². The summed E-state index contributed by atoms with van der Waals surface area (Å²) in [5.74, 6) is 0.598. The van der Waals surface area contributed by atoms with Crippen LogP contribution in [0.15, 0.2) is 60.7 Å². The molecule has 0 bridgehead atoms. The zero-order valence-corrected chi connectivity index (χ0v) is 32.5. The fourth-order valence-electron chi connectivity index (χ4n) is 8.41. The number of halogens is 3. The van der Waals surface area contributed by atoms with Gasteiger partial charge in [-0.3, -0.25) is 0 Å². The molecule has 3 heteroatoms. The van der Waals surface area contributed by atoms with Crippen molar-refractivity contribution in [2.24, 2.45) is 17.8 Å². The summed E-state index contributed by atoms with van der Waals surface area (Å²) in [6, 6.07) is 16.3. The van der Waals surface area contributed by atoms with E-state index in [1.165, 1.54) is 89.9 Å². The Bertz CT molecular complexity index is 1470. The fourth-order valence-corrected chi connectivity index (χ4v) is 8.41. The van der Waals surface area contributed by atoms with Crippen LogP contribution >= 0.6 is 0 Å². The molecule has 1 aliphatic carbocycles. The Balaban J connectivity index is 1.31. The number of allylic oxidation sites excluding steroid dienone is 2. The van der Waals surface area contributed by atoms with Crippen LogP contribution in [0.5, 0.6) is 0 Å². The van der Waals surface area contributed by atoms with Gasteiger partial charge in [0.05, 0.1) is 0 Å². The van der Waals surface area contributed by atoms with Crippen LogP contribution in [0.25, 0.3) is 27.8 Å². The highest BCUT2D eigenvalue weighted by Gasteiger charge is 2.25. The zero-order valence-electron chi connectivity index (χ0n) is 32.5. The maximum atomic E-state index is 15.6. The van der Waals surface area contributed by atoms with Gasteiger partial charge < -0.3 is 0 Å². The van der Waals surface area contributed by atoms with Gasteiger partial charge in [-0.2, -0.15) is 0 Å². The van der Waals surface area contributed by atoms with E-state index >= 15 is 13.2 Å². The summed E-state index contributed by atoms with van der Waals surface area (Å²) in [5.41, 5.74) is 4.83. The van der Waals surface area contributed by atoms with Gasteiger partial charge in [0.25, 0.3) is 0 Å². The second-order valence-corrected chi connectivity index (χ2v) is 15.5. The molecule has 0 nitrogen and oxygen atoms in total. The van der Waals surface area contributed by atoms with Gasteiger partial charge in [-0.1, -0.05) is 179 Å². The highest BCUT2D eigenvalue weighted by atomic mass is 19.2. The molecule has 0 heterocycles. The monoisotopic (exact) mass is 701 g/mol. The molecule has 1 aliphatic rings. The quantitative estimate of drug-likeness (QED) is 0.0864. The number of unbranched alkanes of at least 4 members (excludes halogenated alkanes) is 10. The smallest absolute Gasteiger partial charge is 0.166 e. The minimum atomic E-state index is -0.787. The molecule has 280 valence electrons. The van der Waals surface area contributed by atoms with Crippen LogP contribution in [-0.2, 0) is 6.42 Å².